The van der Waals surface area contributed by atoms with Crippen LogP contribution in [-0.4, -0.2) is 9.78 Å². The van der Waals surface area contributed by atoms with E-state index in [1.807, 2.05) is 53.3 Å². The molecule has 0 fully saturated rings. The molecule has 3 rings (SSSR count). The molecule has 1 aromatic heterocycles. The Balaban J connectivity index is 1.70. The smallest absolute Gasteiger partial charge is 0.0819 e. The van der Waals surface area contributed by atoms with E-state index in [9.17, 15) is 0 Å². The molecular weight excluding hydrogens is 305 g/mol. The molecule has 0 bridgehead atoms. The molecule has 0 aliphatic carbocycles. The Bertz CT molecular complexity index is 738. The molecule has 0 saturated carbocycles. The minimum absolute atomic E-state index is 0.598. The molecule has 0 spiro atoms. The number of nitrogens with zero attached hydrogens (tertiary/aromatic N) is 2. The lowest BCUT2D eigenvalue weighted by Gasteiger charge is -2.07. The number of hydrogen-bond donors (Lipinski definition) is 1. The fourth-order valence-corrected chi connectivity index (χ4v) is 2.47. The predicted molar refractivity (Wildman–Crippen MR) is 87.4 cm³/mol. The van der Waals surface area contributed by atoms with Crippen molar-refractivity contribution in [3.05, 3.63) is 76.5 Å². The van der Waals surface area contributed by atoms with E-state index in [2.05, 4.69) is 10.4 Å². The average molecular weight is 318 g/mol. The third kappa shape index (κ3) is 3.38. The molecule has 3 nitrogen and oxygen atoms in total. The first kappa shape index (κ1) is 14.0. The van der Waals surface area contributed by atoms with Crippen LogP contribution in [0.5, 0.6) is 0 Å². The van der Waals surface area contributed by atoms with Crippen LogP contribution in [0, 0.1) is 0 Å². The van der Waals surface area contributed by atoms with Gasteiger partial charge in [0.25, 0.3) is 0 Å². The lowest BCUT2D eigenvalue weighted by Crippen LogP contribution is -2.02. The number of rotatable bonds is 4. The monoisotopic (exact) mass is 317 g/mol. The van der Waals surface area contributed by atoms with Gasteiger partial charge in [-0.15, -0.1) is 0 Å². The average Bonchev–Trinajstić information content (AvgIpc) is 2.96. The standard InChI is InChI=1S/C16H13Cl2N3/c17-12-6-7-16(15(18)10-12)19-11-13-8-9-21(20-13)14-4-2-1-3-5-14/h1-10,19H,11H2. The molecule has 5 heteroatoms. The summed E-state index contributed by atoms with van der Waals surface area (Å²) in [4.78, 5) is 0. The van der Waals surface area contributed by atoms with Gasteiger partial charge in [0.2, 0.25) is 0 Å². The van der Waals surface area contributed by atoms with E-state index in [0.29, 0.717) is 16.6 Å². The van der Waals surface area contributed by atoms with Crippen molar-refractivity contribution in [2.45, 2.75) is 6.54 Å². The van der Waals surface area contributed by atoms with E-state index >= 15 is 0 Å². The normalized spacial score (nSPS) is 10.6. The van der Waals surface area contributed by atoms with Crippen LogP contribution >= 0.6 is 23.2 Å². The lowest BCUT2D eigenvalue weighted by molar-refractivity contribution is 0.844. The lowest BCUT2D eigenvalue weighted by atomic mass is 10.3. The van der Waals surface area contributed by atoms with Crippen LogP contribution in [0.2, 0.25) is 10.0 Å². The number of benzene rings is 2. The van der Waals surface area contributed by atoms with Gasteiger partial charge in [0, 0.05) is 11.2 Å². The van der Waals surface area contributed by atoms with Crippen LogP contribution in [0.3, 0.4) is 0 Å². The second kappa shape index (κ2) is 6.20. The van der Waals surface area contributed by atoms with Crippen LogP contribution in [0.4, 0.5) is 5.69 Å². The molecule has 21 heavy (non-hydrogen) atoms. The quantitative estimate of drug-likeness (QED) is 0.749. The molecule has 0 aliphatic heterocycles. The van der Waals surface area contributed by atoms with Gasteiger partial charge in [0.15, 0.2) is 0 Å². The summed E-state index contributed by atoms with van der Waals surface area (Å²) in [5, 5.41) is 9.01. The molecular formula is C16H13Cl2N3. The molecule has 3 aromatic rings. The molecule has 2 aromatic carbocycles. The fraction of sp³-hybridized carbons (Fsp3) is 0.0625. The third-order valence-electron chi connectivity index (χ3n) is 3.06. The summed E-state index contributed by atoms with van der Waals surface area (Å²) in [7, 11) is 0. The van der Waals surface area contributed by atoms with Crippen LogP contribution in [-0.2, 0) is 6.54 Å². The van der Waals surface area contributed by atoms with E-state index in [4.69, 9.17) is 23.2 Å². The Morgan fingerprint density at radius 3 is 2.57 bits per heavy atom. The van der Waals surface area contributed by atoms with Crippen molar-refractivity contribution in [2.24, 2.45) is 0 Å². The number of anilines is 1. The molecule has 0 saturated heterocycles. The van der Waals surface area contributed by atoms with E-state index in [0.717, 1.165) is 17.1 Å². The van der Waals surface area contributed by atoms with Crippen molar-refractivity contribution in [3.63, 3.8) is 0 Å². The first-order valence-corrected chi connectivity index (χ1v) is 7.27. The summed E-state index contributed by atoms with van der Waals surface area (Å²) in [6, 6.07) is 17.3. The molecule has 1 N–H and O–H groups in total. The van der Waals surface area contributed by atoms with Crippen molar-refractivity contribution in [1.82, 2.24) is 9.78 Å². The van der Waals surface area contributed by atoms with E-state index < -0.39 is 0 Å². The molecule has 106 valence electrons. The minimum Gasteiger partial charge on any atom is -0.378 e. The van der Waals surface area contributed by atoms with Gasteiger partial charge in [-0.2, -0.15) is 5.10 Å². The Labute approximate surface area is 133 Å². The Kier molecular flexibility index (Phi) is 4.13. The zero-order valence-electron chi connectivity index (χ0n) is 11.1. The van der Waals surface area contributed by atoms with Gasteiger partial charge in [0.1, 0.15) is 0 Å². The van der Waals surface area contributed by atoms with Crippen LogP contribution in [0.25, 0.3) is 5.69 Å². The van der Waals surface area contributed by atoms with Crippen LogP contribution in [0.1, 0.15) is 5.69 Å². The van der Waals surface area contributed by atoms with Crippen molar-refractivity contribution in [1.29, 1.82) is 0 Å². The molecule has 0 amide bonds. The highest BCUT2D eigenvalue weighted by Crippen LogP contribution is 2.25. The third-order valence-corrected chi connectivity index (χ3v) is 3.60. The topological polar surface area (TPSA) is 29.9 Å². The molecule has 0 atom stereocenters. The molecule has 0 aliphatic rings. The fourth-order valence-electron chi connectivity index (χ4n) is 2.00. The maximum Gasteiger partial charge on any atom is 0.0819 e. The summed E-state index contributed by atoms with van der Waals surface area (Å²) >= 11 is 12.0. The minimum atomic E-state index is 0.598. The molecule has 0 unspecified atom stereocenters. The van der Waals surface area contributed by atoms with Gasteiger partial charge < -0.3 is 5.32 Å². The van der Waals surface area contributed by atoms with Gasteiger partial charge in [-0.25, -0.2) is 4.68 Å². The largest absolute Gasteiger partial charge is 0.378 e. The Morgan fingerprint density at radius 2 is 1.81 bits per heavy atom. The van der Waals surface area contributed by atoms with E-state index in [1.165, 1.54) is 0 Å². The zero-order chi connectivity index (χ0) is 14.7. The van der Waals surface area contributed by atoms with Crippen molar-refractivity contribution in [2.75, 3.05) is 5.32 Å². The second-order valence-corrected chi connectivity index (χ2v) is 5.41. The highest BCUT2D eigenvalue weighted by Gasteiger charge is 2.04. The number of aromatic nitrogens is 2. The number of para-hydroxylation sites is 1. The van der Waals surface area contributed by atoms with Crippen LogP contribution < -0.4 is 5.32 Å². The zero-order valence-corrected chi connectivity index (χ0v) is 12.6. The van der Waals surface area contributed by atoms with Crippen molar-refractivity contribution in [3.8, 4) is 5.69 Å². The number of nitrogens with one attached hydrogen (secondary N) is 1. The maximum atomic E-state index is 6.12. The first-order chi connectivity index (χ1) is 10.2. The predicted octanol–water partition coefficient (Wildman–Crippen LogP) is 4.79. The highest BCUT2D eigenvalue weighted by molar-refractivity contribution is 6.36. The van der Waals surface area contributed by atoms with Gasteiger partial charge in [0.05, 0.1) is 28.6 Å². The summed E-state index contributed by atoms with van der Waals surface area (Å²) in [5.74, 6) is 0. The van der Waals surface area contributed by atoms with E-state index in [-0.39, 0.29) is 0 Å². The summed E-state index contributed by atoms with van der Waals surface area (Å²) < 4.78 is 1.85. The number of halogens is 2. The summed E-state index contributed by atoms with van der Waals surface area (Å²) in [5.41, 5.74) is 2.81. The van der Waals surface area contributed by atoms with Crippen molar-refractivity contribution < 1.29 is 0 Å². The van der Waals surface area contributed by atoms with Gasteiger partial charge in [-0.05, 0) is 36.4 Å². The van der Waals surface area contributed by atoms with Crippen LogP contribution in [0.15, 0.2) is 60.8 Å². The van der Waals surface area contributed by atoms with Gasteiger partial charge >= 0.3 is 0 Å². The van der Waals surface area contributed by atoms with Gasteiger partial charge in [-0.1, -0.05) is 41.4 Å². The van der Waals surface area contributed by atoms with Gasteiger partial charge in [-0.3, -0.25) is 0 Å². The van der Waals surface area contributed by atoms with E-state index in [1.54, 1.807) is 12.1 Å². The maximum absolute atomic E-state index is 6.12. The SMILES string of the molecule is Clc1ccc(NCc2ccn(-c3ccccc3)n2)c(Cl)c1. The highest BCUT2D eigenvalue weighted by atomic mass is 35.5. The Hall–Kier alpha value is -1.97. The second-order valence-electron chi connectivity index (χ2n) is 4.56. The first-order valence-electron chi connectivity index (χ1n) is 6.51. The Morgan fingerprint density at radius 1 is 1.00 bits per heavy atom. The number of hydrogen-bond acceptors (Lipinski definition) is 2. The molecule has 0 radical (unpaired) electrons. The summed E-state index contributed by atoms with van der Waals surface area (Å²) in [6.07, 6.45) is 1.94. The molecule has 1 heterocycles. The van der Waals surface area contributed by atoms with Crippen molar-refractivity contribution >= 4 is 28.9 Å². The summed E-state index contributed by atoms with van der Waals surface area (Å²) in [6.45, 7) is 0.598.